The molecule has 0 bridgehead atoms. The second-order valence-electron chi connectivity index (χ2n) is 6.50. The van der Waals surface area contributed by atoms with E-state index in [2.05, 4.69) is 10.3 Å². The van der Waals surface area contributed by atoms with Gasteiger partial charge < -0.3 is 19.7 Å². The Balaban J connectivity index is 0.00000364. The summed E-state index contributed by atoms with van der Waals surface area (Å²) in [5.74, 6) is 2.89. The molecule has 0 amide bonds. The van der Waals surface area contributed by atoms with Crippen LogP contribution in [0.1, 0.15) is 18.9 Å². The molecule has 2 rings (SSSR count). The summed E-state index contributed by atoms with van der Waals surface area (Å²) in [6, 6.07) is 5.73. The molecule has 1 atom stereocenters. The van der Waals surface area contributed by atoms with E-state index in [1.165, 1.54) is 0 Å². The molecule has 1 N–H and O–H groups in total. The van der Waals surface area contributed by atoms with E-state index < -0.39 is 9.84 Å². The zero-order valence-corrected chi connectivity index (χ0v) is 19.5. The van der Waals surface area contributed by atoms with Gasteiger partial charge in [0.25, 0.3) is 0 Å². The molecule has 0 aliphatic carbocycles. The first-order valence-corrected chi connectivity index (χ1v) is 10.6. The van der Waals surface area contributed by atoms with Crippen LogP contribution >= 0.6 is 24.0 Å². The van der Waals surface area contributed by atoms with Crippen molar-refractivity contribution in [3.8, 4) is 11.5 Å². The molecule has 1 unspecified atom stereocenters. The Morgan fingerprint density at radius 1 is 1.33 bits per heavy atom. The van der Waals surface area contributed by atoms with Gasteiger partial charge >= 0.3 is 0 Å². The number of methoxy groups -OCH3 is 2. The highest BCUT2D eigenvalue weighted by Crippen LogP contribution is 2.25. The van der Waals surface area contributed by atoms with Gasteiger partial charge in [-0.05, 0) is 31.4 Å². The summed E-state index contributed by atoms with van der Waals surface area (Å²) in [6.07, 6.45) is 0.696. The third-order valence-electron chi connectivity index (χ3n) is 4.42. The molecule has 1 aromatic rings. The Morgan fingerprint density at radius 2 is 2.07 bits per heavy atom. The smallest absolute Gasteiger partial charge is 0.193 e. The maximum absolute atomic E-state index is 11.6. The van der Waals surface area contributed by atoms with Crippen LogP contribution in [-0.4, -0.2) is 65.1 Å². The highest BCUT2D eigenvalue weighted by molar-refractivity contribution is 14.0. The number of rotatable bonds is 7. The lowest BCUT2D eigenvalue weighted by molar-refractivity contribution is 0.382. The van der Waals surface area contributed by atoms with Gasteiger partial charge in [0.15, 0.2) is 15.8 Å². The van der Waals surface area contributed by atoms with Crippen LogP contribution in [0.15, 0.2) is 23.2 Å². The normalized spacial score (nSPS) is 18.5. The van der Waals surface area contributed by atoms with E-state index in [1.807, 2.05) is 37.1 Å². The second-order valence-corrected chi connectivity index (χ2v) is 8.73. The van der Waals surface area contributed by atoms with Crippen molar-refractivity contribution in [3.63, 3.8) is 0 Å². The van der Waals surface area contributed by atoms with Crippen LogP contribution in [0.3, 0.4) is 0 Å². The predicted octanol–water partition coefficient (Wildman–Crippen LogP) is 2.15. The summed E-state index contributed by atoms with van der Waals surface area (Å²) in [5.41, 5.74) is 1.02. The van der Waals surface area contributed by atoms with Crippen molar-refractivity contribution < 1.29 is 17.9 Å². The van der Waals surface area contributed by atoms with Crippen LogP contribution in [-0.2, 0) is 16.4 Å². The topological polar surface area (TPSA) is 80.2 Å². The first-order chi connectivity index (χ1) is 12.4. The lowest BCUT2D eigenvalue weighted by atomic mass is 10.1. The molecule has 1 aliphatic heterocycles. The Labute approximate surface area is 179 Å². The molecule has 27 heavy (non-hydrogen) atoms. The zero-order valence-electron chi connectivity index (χ0n) is 16.4. The SMILES string of the molecule is CCNC(=NCC1CCS(=O)(=O)C1)N(C)Cc1ccc(OC)cc1OC.I. The minimum Gasteiger partial charge on any atom is -0.497 e. The van der Waals surface area contributed by atoms with E-state index in [4.69, 9.17) is 9.47 Å². The number of ether oxygens (including phenoxy) is 2. The number of nitrogens with one attached hydrogen (secondary N) is 1. The first-order valence-electron chi connectivity index (χ1n) is 8.79. The second kappa shape index (κ2) is 10.9. The van der Waals surface area contributed by atoms with E-state index in [0.717, 1.165) is 29.6 Å². The van der Waals surface area contributed by atoms with Gasteiger partial charge in [0.2, 0.25) is 0 Å². The average Bonchev–Trinajstić information content (AvgIpc) is 2.97. The molecule has 1 heterocycles. The Hall–Kier alpha value is -1.23. The van der Waals surface area contributed by atoms with Crippen LogP contribution in [0.4, 0.5) is 0 Å². The largest absolute Gasteiger partial charge is 0.497 e. The van der Waals surface area contributed by atoms with E-state index in [1.54, 1.807) is 14.2 Å². The molecule has 154 valence electrons. The summed E-state index contributed by atoms with van der Waals surface area (Å²) in [4.78, 5) is 6.66. The Bertz CT molecular complexity index is 740. The Morgan fingerprint density at radius 3 is 2.63 bits per heavy atom. The van der Waals surface area contributed by atoms with Gasteiger partial charge in [0.05, 0.1) is 25.7 Å². The Kier molecular flexibility index (Phi) is 9.65. The number of sulfone groups is 1. The van der Waals surface area contributed by atoms with Crippen LogP contribution in [0, 0.1) is 5.92 Å². The number of benzene rings is 1. The van der Waals surface area contributed by atoms with Crippen molar-refractivity contribution in [2.45, 2.75) is 19.9 Å². The van der Waals surface area contributed by atoms with Gasteiger partial charge in [-0.25, -0.2) is 8.42 Å². The fourth-order valence-electron chi connectivity index (χ4n) is 3.01. The molecule has 1 saturated heterocycles. The lowest BCUT2D eigenvalue weighted by Crippen LogP contribution is -2.39. The van der Waals surface area contributed by atoms with Crippen molar-refractivity contribution in [3.05, 3.63) is 23.8 Å². The van der Waals surface area contributed by atoms with Gasteiger partial charge in [-0.1, -0.05) is 0 Å². The molecule has 1 aromatic carbocycles. The lowest BCUT2D eigenvalue weighted by Gasteiger charge is -2.23. The summed E-state index contributed by atoms with van der Waals surface area (Å²) in [6.45, 7) is 3.89. The number of hydrogen-bond donors (Lipinski definition) is 1. The highest BCUT2D eigenvalue weighted by atomic mass is 127. The summed E-state index contributed by atoms with van der Waals surface area (Å²) < 4.78 is 33.9. The molecule has 0 saturated carbocycles. The fraction of sp³-hybridized carbons (Fsp3) is 0.611. The van der Waals surface area contributed by atoms with Crippen LogP contribution < -0.4 is 14.8 Å². The summed E-state index contributed by atoms with van der Waals surface area (Å²) >= 11 is 0. The molecule has 0 spiro atoms. The van der Waals surface area contributed by atoms with Crippen molar-refractivity contribution in [1.82, 2.24) is 10.2 Å². The molecule has 9 heteroatoms. The number of guanidine groups is 1. The van der Waals surface area contributed by atoms with Gasteiger partial charge in [-0.15, -0.1) is 24.0 Å². The van der Waals surface area contributed by atoms with E-state index in [-0.39, 0.29) is 41.4 Å². The van der Waals surface area contributed by atoms with Crippen LogP contribution in [0.25, 0.3) is 0 Å². The van der Waals surface area contributed by atoms with E-state index in [0.29, 0.717) is 19.5 Å². The summed E-state index contributed by atoms with van der Waals surface area (Å²) in [7, 11) is 2.34. The molecule has 1 fully saturated rings. The molecule has 0 radical (unpaired) electrons. The third kappa shape index (κ3) is 7.02. The first kappa shape index (κ1) is 23.8. The van der Waals surface area contributed by atoms with Crippen molar-refractivity contribution in [2.75, 3.05) is 45.9 Å². The third-order valence-corrected chi connectivity index (χ3v) is 6.26. The predicted molar refractivity (Wildman–Crippen MR) is 119 cm³/mol. The minimum absolute atomic E-state index is 0. The van der Waals surface area contributed by atoms with Crippen molar-refractivity contribution >= 4 is 39.8 Å². The minimum atomic E-state index is -2.87. The average molecular weight is 511 g/mol. The number of hydrogen-bond acceptors (Lipinski definition) is 5. The molecule has 0 aromatic heterocycles. The molecule has 1 aliphatic rings. The number of halogens is 1. The maximum Gasteiger partial charge on any atom is 0.193 e. The summed E-state index contributed by atoms with van der Waals surface area (Å²) in [5, 5.41) is 3.27. The number of nitrogens with zero attached hydrogens (tertiary/aromatic N) is 2. The monoisotopic (exact) mass is 511 g/mol. The quantitative estimate of drug-likeness (QED) is 0.344. The van der Waals surface area contributed by atoms with E-state index >= 15 is 0 Å². The molecular weight excluding hydrogens is 481 g/mol. The van der Waals surface area contributed by atoms with Crippen molar-refractivity contribution in [2.24, 2.45) is 10.9 Å². The van der Waals surface area contributed by atoms with Gasteiger partial charge in [0.1, 0.15) is 11.5 Å². The maximum atomic E-state index is 11.6. The fourth-order valence-corrected chi connectivity index (χ4v) is 4.86. The number of aliphatic imine (C=N–C) groups is 1. The van der Waals surface area contributed by atoms with Crippen LogP contribution in [0.2, 0.25) is 0 Å². The standard InChI is InChI=1S/C18H29N3O4S.HI/c1-5-19-18(20-11-14-8-9-26(22,23)13-14)21(2)12-15-6-7-16(24-3)10-17(15)25-4;/h6-7,10,14H,5,8-9,11-13H2,1-4H3,(H,19,20);1H. The zero-order chi connectivity index (χ0) is 19.2. The van der Waals surface area contributed by atoms with Gasteiger partial charge in [0, 0.05) is 38.3 Å². The van der Waals surface area contributed by atoms with Crippen LogP contribution in [0.5, 0.6) is 11.5 Å². The van der Waals surface area contributed by atoms with E-state index in [9.17, 15) is 8.42 Å². The van der Waals surface area contributed by atoms with Gasteiger partial charge in [-0.3, -0.25) is 4.99 Å². The van der Waals surface area contributed by atoms with Crippen molar-refractivity contribution in [1.29, 1.82) is 0 Å². The molecule has 7 nitrogen and oxygen atoms in total. The molecular formula is C18H30IN3O4S. The van der Waals surface area contributed by atoms with Gasteiger partial charge in [-0.2, -0.15) is 0 Å². The highest BCUT2D eigenvalue weighted by Gasteiger charge is 2.27.